The lowest BCUT2D eigenvalue weighted by Crippen LogP contribution is -2.17. The second-order valence-electron chi connectivity index (χ2n) is 8.69. The van der Waals surface area contributed by atoms with Crippen molar-refractivity contribution < 1.29 is 9.90 Å². The van der Waals surface area contributed by atoms with Gasteiger partial charge >= 0.3 is 5.97 Å². The van der Waals surface area contributed by atoms with Crippen LogP contribution in [0.1, 0.15) is 40.5 Å². The Bertz CT molecular complexity index is 1450. The molecule has 1 aromatic heterocycles. The standard InChI is InChI=1S/C28H20Cl3NO2/c1-15-10-18(27-21(11-15)26(28(33)34)20-4-2-3-5-24(20)32-27)12-16-6-8-17(9-7-16)25-22(30)13-19(29)14-23(25)31/h2-9,12-15H,10-11H2,1H3,(H,33,34)/b18-12+. The molecule has 5 rings (SSSR count). The van der Waals surface area contributed by atoms with Crippen molar-refractivity contribution in [3.05, 3.63) is 98.1 Å². The van der Waals surface area contributed by atoms with E-state index in [4.69, 9.17) is 39.8 Å². The molecule has 0 spiro atoms. The van der Waals surface area contributed by atoms with Gasteiger partial charge in [-0.2, -0.15) is 0 Å². The Hall–Kier alpha value is -2.85. The van der Waals surface area contributed by atoms with Crippen molar-refractivity contribution in [2.75, 3.05) is 0 Å². The molecule has 6 heteroatoms. The van der Waals surface area contributed by atoms with Crippen LogP contribution in [-0.2, 0) is 6.42 Å². The monoisotopic (exact) mass is 507 g/mol. The van der Waals surface area contributed by atoms with Gasteiger partial charge in [0.05, 0.1) is 26.8 Å². The van der Waals surface area contributed by atoms with Gasteiger partial charge in [-0.1, -0.05) is 84.2 Å². The number of carbonyl (C=O) groups is 1. The maximum absolute atomic E-state index is 12.2. The second kappa shape index (κ2) is 9.07. The van der Waals surface area contributed by atoms with Gasteiger partial charge in [0, 0.05) is 16.0 Å². The van der Waals surface area contributed by atoms with Gasteiger partial charge in [-0.15, -0.1) is 0 Å². The largest absolute Gasteiger partial charge is 0.478 e. The van der Waals surface area contributed by atoms with Gasteiger partial charge in [-0.05, 0) is 65.3 Å². The number of halogens is 3. The van der Waals surface area contributed by atoms with Crippen LogP contribution in [0.25, 0.3) is 33.7 Å². The van der Waals surface area contributed by atoms with Crippen LogP contribution >= 0.6 is 34.8 Å². The summed E-state index contributed by atoms with van der Waals surface area (Å²) in [7, 11) is 0. The fraction of sp³-hybridized carbons (Fsp3) is 0.143. The number of carboxylic acids is 1. The fourth-order valence-electron chi connectivity index (χ4n) is 4.75. The lowest BCUT2D eigenvalue weighted by molar-refractivity contribution is 0.0697. The van der Waals surface area contributed by atoms with Crippen molar-refractivity contribution in [2.24, 2.45) is 5.92 Å². The molecule has 0 saturated heterocycles. The molecule has 1 atom stereocenters. The highest BCUT2D eigenvalue weighted by Gasteiger charge is 2.27. The van der Waals surface area contributed by atoms with E-state index < -0.39 is 5.97 Å². The number of allylic oxidation sites excluding steroid dienone is 1. The Kier molecular flexibility index (Phi) is 6.11. The SMILES string of the molecule is CC1C/C(=C\c2ccc(-c3c(Cl)cc(Cl)cc3Cl)cc2)c2nc3ccccc3c(C(=O)O)c2C1. The van der Waals surface area contributed by atoms with E-state index in [0.29, 0.717) is 43.9 Å². The van der Waals surface area contributed by atoms with Gasteiger partial charge in [-0.25, -0.2) is 9.78 Å². The Morgan fingerprint density at radius 2 is 1.68 bits per heavy atom. The number of hydrogen-bond donors (Lipinski definition) is 1. The summed E-state index contributed by atoms with van der Waals surface area (Å²) in [5.74, 6) is -0.602. The van der Waals surface area contributed by atoms with E-state index in [9.17, 15) is 9.90 Å². The molecule has 4 aromatic rings. The Morgan fingerprint density at radius 3 is 2.35 bits per heavy atom. The van der Waals surface area contributed by atoms with Crippen LogP contribution in [0.2, 0.25) is 15.1 Å². The van der Waals surface area contributed by atoms with E-state index in [2.05, 4.69) is 13.0 Å². The molecule has 1 heterocycles. The lowest BCUT2D eigenvalue weighted by Gasteiger charge is -2.26. The summed E-state index contributed by atoms with van der Waals surface area (Å²) < 4.78 is 0. The number of para-hydroxylation sites is 1. The first-order chi connectivity index (χ1) is 16.3. The third kappa shape index (κ3) is 4.20. The van der Waals surface area contributed by atoms with Gasteiger partial charge < -0.3 is 5.11 Å². The molecular formula is C28H20Cl3NO2. The van der Waals surface area contributed by atoms with E-state index >= 15 is 0 Å². The molecule has 34 heavy (non-hydrogen) atoms. The van der Waals surface area contributed by atoms with Crippen molar-refractivity contribution in [1.82, 2.24) is 4.98 Å². The average Bonchev–Trinajstić information content (AvgIpc) is 2.78. The molecule has 0 saturated carbocycles. The smallest absolute Gasteiger partial charge is 0.336 e. The number of nitrogens with zero attached hydrogens (tertiary/aromatic N) is 1. The molecule has 1 N–H and O–H groups in total. The summed E-state index contributed by atoms with van der Waals surface area (Å²) >= 11 is 18.8. The zero-order valence-corrected chi connectivity index (χ0v) is 20.5. The van der Waals surface area contributed by atoms with Gasteiger partial charge in [0.25, 0.3) is 0 Å². The number of benzene rings is 3. The van der Waals surface area contributed by atoms with E-state index in [1.54, 1.807) is 12.1 Å². The molecule has 1 unspecified atom stereocenters. The van der Waals surface area contributed by atoms with Crippen LogP contribution in [0.4, 0.5) is 0 Å². The minimum Gasteiger partial charge on any atom is -0.478 e. The summed E-state index contributed by atoms with van der Waals surface area (Å²) in [5, 5.41) is 12.2. The van der Waals surface area contributed by atoms with Gasteiger partial charge in [0.2, 0.25) is 0 Å². The topological polar surface area (TPSA) is 50.2 Å². The Labute approximate surface area is 212 Å². The van der Waals surface area contributed by atoms with Crippen LogP contribution in [0.3, 0.4) is 0 Å². The first-order valence-electron chi connectivity index (χ1n) is 10.9. The van der Waals surface area contributed by atoms with E-state index in [0.717, 1.165) is 39.9 Å². The van der Waals surface area contributed by atoms with Gasteiger partial charge in [0.1, 0.15) is 0 Å². The van der Waals surface area contributed by atoms with Crippen molar-refractivity contribution in [2.45, 2.75) is 19.8 Å². The number of aromatic carboxylic acids is 1. The van der Waals surface area contributed by atoms with E-state index in [1.165, 1.54) is 0 Å². The normalized spacial score (nSPS) is 16.6. The minimum absolute atomic E-state index is 0.311. The first kappa shape index (κ1) is 22.9. The number of carboxylic acid groups (broad SMARTS) is 1. The predicted octanol–water partition coefficient (Wildman–Crippen LogP) is 8.68. The number of aromatic nitrogens is 1. The number of fused-ring (bicyclic) bond motifs is 2. The molecule has 0 amide bonds. The highest BCUT2D eigenvalue weighted by Crippen LogP contribution is 2.40. The fourth-order valence-corrected chi connectivity index (χ4v) is 5.78. The molecule has 0 aliphatic heterocycles. The molecule has 170 valence electrons. The van der Waals surface area contributed by atoms with Crippen LogP contribution in [0.15, 0.2) is 60.7 Å². The van der Waals surface area contributed by atoms with Crippen molar-refractivity contribution in [3.8, 4) is 11.1 Å². The summed E-state index contributed by atoms with van der Waals surface area (Å²) in [4.78, 5) is 17.1. The molecule has 3 aromatic carbocycles. The maximum atomic E-state index is 12.2. The summed E-state index contributed by atoms with van der Waals surface area (Å²) in [6, 6.07) is 18.7. The second-order valence-corrected chi connectivity index (χ2v) is 9.94. The number of hydrogen-bond acceptors (Lipinski definition) is 2. The Morgan fingerprint density at radius 1 is 1.00 bits per heavy atom. The highest BCUT2D eigenvalue weighted by molar-refractivity contribution is 6.41. The van der Waals surface area contributed by atoms with E-state index in [1.807, 2.05) is 48.5 Å². The van der Waals surface area contributed by atoms with Crippen LogP contribution in [-0.4, -0.2) is 16.1 Å². The Balaban J connectivity index is 1.60. The van der Waals surface area contributed by atoms with Gasteiger partial charge in [0.15, 0.2) is 0 Å². The molecular weight excluding hydrogens is 489 g/mol. The van der Waals surface area contributed by atoms with Crippen LogP contribution in [0, 0.1) is 5.92 Å². The zero-order chi connectivity index (χ0) is 24.0. The van der Waals surface area contributed by atoms with Crippen molar-refractivity contribution >= 4 is 63.3 Å². The molecule has 1 aliphatic carbocycles. The predicted molar refractivity (Wildman–Crippen MR) is 141 cm³/mol. The minimum atomic E-state index is -0.913. The van der Waals surface area contributed by atoms with Gasteiger partial charge in [-0.3, -0.25) is 0 Å². The molecule has 3 nitrogen and oxygen atoms in total. The van der Waals surface area contributed by atoms with Crippen LogP contribution < -0.4 is 0 Å². The molecule has 1 aliphatic rings. The molecule has 0 fully saturated rings. The summed E-state index contributed by atoms with van der Waals surface area (Å²) in [6.45, 7) is 2.14. The summed E-state index contributed by atoms with van der Waals surface area (Å²) in [6.07, 6.45) is 3.61. The molecule has 0 bridgehead atoms. The maximum Gasteiger partial charge on any atom is 0.336 e. The molecule has 0 radical (unpaired) electrons. The first-order valence-corrected chi connectivity index (χ1v) is 12.1. The van der Waals surface area contributed by atoms with Crippen molar-refractivity contribution in [3.63, 3.8) is 0 Å². The average molecular weight is 509 g/mol. The third-order valence-corrected chi connectivity index (χ3v) is 6.99. The highest BCUT2D eigenvalue weighted by atomic mass is 35.5. The lowest BCUT2D eigenvalue weighted by atomic mass is 9.80. The quantitative estimate of drug-likeness (QED) is 0.301. The summed E-state index contributed by atoms with van der Waals surface area (Å²) in [5.41, 5.74) is 6.31. The number of pyridine rings is 1. The van der Waals surface area contributed by atoms with E-state index in [-0.39, 0.29) is 0 Å². The van der Waals surface area contributed by atoms with Crippen molar-refractivity contribution in [1.29, 1.82) is 0 Å². The number of rotatable bonds is 3. The van der Waals surface area contributed by atoms with Crippen LogP contribution in [0.5, 0.6) is 0 Å². The third-order valence-electron chi connectivity index (χ3n) is 6.18. The zero-order valence-electron chi connectivity index (χ0n) is 18.3.